The molecule has 0 aromatic heterocycles. The topological polar surface area (TPSA) is 132 Å². The van der Waals surface area contributed by atoms with E-state index in [0.717, 1.165) is 32.1 Å². The van der Waals surface area contributed by atoms with E-state index in [0.29, 0.717) is 24.2 Å². The lowest BCUT2D eigenvalue weighted by Gasteiger charge is -2.25. The zero-order chi connectivity index (χ0) is 28.4. The van der Waals surface area contributed by atoms with Gasteiger partial charge in [0.1, 0.15) is 0 Å². The molecule has 2 aromatic carbocycles. The minimum Gasteiger partial charge on any atom is -0.370 e. The molecule has 0 unspecified atom stereocenters. The Hall–Kier alpha value is -3.94. The molecule has 0 radical (unpaired) electrons. The van der Waals surface area contributed by atoms with Crippen LogP contribution in [0.25, 0.3) is 0 Å². The van der Waals surface area contributed by atoms with Gasteiger partial charge in [0.25, 0.3) is 0 Å². The normalized spacial score (nSPS) is 10.6. The van der Waals surface area contributed by atoms with Crippen LogP contribution < -0.4 is 10.6 Å². The number of unbranched alkanes of at least 4 members (excludes halogenated alkanes) is 5. The van der Waals surface area contributed by atoms with E-state index in [1.807, 2.05) is 0 Å². The van der Waals surface area contributed by atoms with Gasteiger partial charge in [0.05, 0.1) is 11.4 Å². The second-order valence-corrected chi connectivity index (χ2v) is 9.58. The van der Waals surface area contributed by atoms with Gasteiger partial charge in [-0.3, -0.25) is 33.7 Å². The number of hydrogen-bond acceptors (Lipinski definition) is 6. The van der Waals surface area contributed by atoms with Crippen LogP contribution in [0.3, 0.4) is 0 Å². The molecule has 2 aromatic rings. The fraction of sp³-hybridized carbons (Fsp3) is 0.400. The van der Waals surface area contributed by atoms with E-state index in [-0.39, 0.29) is 63.6 Å². The molecule has 0 spiro atoms. The lowest BCUT2D eigenvalue weighted by molar-refractivity contribution is -0.118. The van der Waals surface area contributed by atoms with Crippen LogP contribution in [0.15, 0.2) is 36.4 Å². The maximum absolute atomic E-state index is 13.6. The zero-order valence-electron chi connectivity index (χ0n) is 22.6. The Bertz CT molecular complexity index is 1110. The summed E-state index contributed by atoms with van der Waals surface area (Å²) in [6.45, 7) is 5.51. The van der Waals surface area contributed by atoms with Gasteiger partial charge in [-0.1, -0.05) is 25.7 Å². The molecular formula is C30H36N2O6. The molecular weight excluding hydrogens is 484 g/mol. The SMILES string of the molecule is CC(=O)c1cc(C(C)=O)cc(N(C(=O)CCCCCCCCC(N)=O)c2cc(C(C)=O)cc(C(C)=O)c2)c1. The van der Waals surface area contributed by atoms with Crippen molar-refractivity contribution in [1.29, 1.82) is 0 Å². The largest absolute Gasteiger partial charge is 0.370 e. The molecule has 2 rings (SSSR count). The molecule has 0 fully saturated rings. The van der Waals surface area contributed by atoms with Gasteiger partial charge in [0.15, 0.2) is 23.1 Å². The van der Waals surface area contributed by atoms with Crippen LogP contribution in [0.1, 0.15) is 120 Å². The summed E-state index contributed by atoms with van der Waals surface area (Å²) in [6, 6.07) is 9.14. The Kier molecular flexibility index (Phi) is 11.3. The summed E-state index contributed by atoms with van der Waals surface area (Å²) in [7, 11) is 0. The van der Waals surface area contributed by atoms with Crippen molar-refractivity contribution in [2.75, 3.05) is 4.90 Å². The molecule has 0 saturated heterocycles. The number of rotatable bonds is 15. The summed E-state index contributed by atoms with van der Waals surface area (Å²) in [5.41, 5.74) is 6.88. The molecule has 202 valence electrons. The third-order valence-electron chi connectivity index (χ3n) is 6.29. The number of nitrogens with two attached hydrogens (primary N) is 1. The van der Waals surface area contributed by atoms with Gasteiger partial charge in [0, 0.05) is 35.1 Å². The molecule has 0 aliphatic carbocycles. The average Bonchev–Trinajstić information content (AvgIpc) is 2.85. The van der Waals surface area contributed by atoms with Crippen molar-refractivity contribution < 1.29 is 28.8 Å². The molecule has 0 atom stereocenters. The van der Waals surface area contributed by atoms with Crippen LogP contribution in [0.4, 0.5) is 11.4 Å². The Morgan fingerprint density at radius 3 is 1.16 bits per heavy atom. The predicted molar refractivity (Wildman–Crippen MR) is 146 cm³/mol. The fourth-order valence-corrected chi connectivity index (χ4v) is 4.13. The van der Waals surface area contributed by atoms with Crippen molar-refractivity contribution in [3.63, 3.8) is 0 Å². The highest BCUT2D eigenvalue weighted by molar-refractivity contribution is 6.08. The average molecular weight is 521 g/mol. The standard InChI is InChI=1S/C30H36N2O6/c1-19(33)23-13-24(20(2)34)16-27(15-23)32(28-17-25(21(3)35)14-26(18-28)22(4)36)30(38)12-10-8-6-5-7-9-11-29(31)37/h13-18H,5-12H2,1-4H3,(H2,31,37). The van der Waals surface area contributed by atoms with Crippen molar-refractivity contribution >= 4 is 46.3 Å². The molecule has 8 heteroatoms. The second-order valence-electron chi connectivity index (χ2n) is 9.58. The first-order chi connectivity index (χ1) is 17.9. The summed E-state index contributed by atoms with van der Waals surface area (Å²) < 4.78 is 0. The zero-order valence-corrected chi connectivity index (χ0v) is 22.6. The molecule has 8 nitrogen and oxygen atoms in total. The van der Waals surface area contributed by atoms with Crippen LogP contribution in [-0.2, 0) is 9.59 Å². The first-order valence-corrected chi connectivity index (χ1v) is 12.9. The summed E-state index contributed by atoms with van der Waals surface area (Å²) >= 11 is 0. The van der Waals surface area contributed by atoms with Gasteiger partial charge in [-0.25, -0.2) is 0 Å². The van der Waals surface area contributed by atoms with Gasteiger partial charge in [-0.15, -0.1) is 0 Å². The van der Waals surface area contributed by atoms with Crippen LogP contribution in [0.5, 0.6) is 0 Å². The van der Waals surface area contributed by atoms with Crippen molar-refractivity contribution in [2.45, 2.75) is 79.1 Å². The van der Waals surface area contributed by atoms with Crippen molar-refractivity contribution in [1.82, 2.24) is 0 Å². The third kappa shape index (κ3) is 8.87. The number of primary amides is 1. The number of Topliss-reactive ketones (excluding diaryl/α,β-unsaturated/α-hetero) is 4. The molecule has 0 aliphatic rings. The molecule has 0 aliphatic heterocycles. The molecule has 2 amide bonds. The third-order valence-corrected chi connectivity index (χ3v) is 6.29. The molecule has 0 saturated carbocycles. The van der Waals surface area contributed by atoms with E-state index >= 15 is 0 Å². The van der Waals surface area contributed by atoms with Crippen LogP contribution in [-0.4, -0.2) is 34.9 Å². The smallest absolute Gasteiger partial charge is 0.231 e. The number of carbonyl (C=O) groups excluding carboxylic acids is 6. The summed E-state index contributed by atoms with van der Waals surface area (Å²) in [5.74, 6) is -1.65. The van der Waals surface area contributed by atoms with Crippen LogP contribution >= 0.6 is 0 Å². The number of nitrogens with zero attached hydrogens (tertiary/aromatic N) is 1. The Labute approximate surface area is 223 Å². The van der Waals surface area contributed by atoms with Crippen molar-refractivity contribution in [3.8, 4) is 0 Å². The quantitative estimate of drug-likeness (QED) is 0.234. The maximum Gasteiger partial charge on any atom is 0.231 e. The van der Waals surface area contributed by atoms with E-state index in [9.17, 15) is 28.8 Å². The van der Waals surface area contributed by atoms with Gasteiger partial charge >= 0.3 is 0 Å². The number of hydrogen-bond donors (Lipinski definition) is 1. The first kappa shape index (κ1) is 30.3. The Morgan fingerprint density at radius 1 is 0.526 bits per heavy atom. The number of benzene rings is 2. The monoisotopic (exact) mass is 520 g/mol. The Balaban J connectivity index is 2.42. The lowest BCUT2D eigenvalue weighted by atomic mass is 10.0. The summed E-state index contributed by atoms with van der Waals surface area (Å²) in [4.78, 5) is 74.7. The van der Waals surface area contributed by atoms with Gasteiger partial charge in [-0.2, -0.15) is 0 Å². The first-order valence-electron chi connectivity index (χ1n) is 12.9. The number of amides is 2. The maximum atomic E-state index is 13.6. The van der Waals surface area contributed by atoms with E-state index in [1.54, 1.807) is 24.3 Å². The molecule has 2 N–H and O–H groups in total. The summed E-state index contributed by atoms with van der Waals surface area (Å²) in [5, 5.41) is 0. The minimum atomic E-state index is -0.306. The van der Waals surface area contributed by atoms with Crippen molar-refractivity contribution in [2.24, 2.45) is 5.73 Å². The highest BCUT2D eigenvalue weighted by Crippen LogP contribution is 2.31. The molecule has 0 heterocycles. The van der Waals surface area contributed by atoms with Gasteiger partial charge < -0.3 is 5.73 Å². The predicted octanol–water partition coefficient (Wildman–Crippen LogP) is 5.77. The van der Waals surface area contributed by atoms with E-state index in [2.05, 4.69) is 0 Å². The van der Waals surface area contributed by atoms with Gasteiger partial charge in [0.2, 0.25) is 11.8 Å². The second kappa shape index (κ2) is 14.1. The van der Waals surface area contributed by atoms with Gasteiger partial charge in [-0.05, 0) is 76.9 Å². The minimum absolute atomic E-state index is 0.181. The number of ketones is 4. The molecule has 0 bridgehead atoms. The van der Waals surface area contributed by atoms with Crippen LogP contribution in [0, 0.1) is 0 Å². The fourth-order valence-electron chi connectivity index (χ4n) is 4.13. The van der Waals surface area contributed by atoms with E-state index in [4.69, 9.17) is 5.73 Å². The van der Waals surface area contributed by atoms with Crippen molar-refractivity contribution in [3.05, 3.63) is 58.7 Å². The summed E-state index contributed by atoms with van der Waals surface area (Å²) in [6.07, 6.45) is 5.41. The molecule has 38 heavy (non-hydrogen) atoms. The highest BCUT2D eigenvalue weighted by Gasteiger charge is 2.22. The Morgan fingerprint density at radius 2 is 0.842 bits per heavy atom. The number of carbonyl (C=O) groups is 6. The lowest BCUT2D eigenvalue weighted by Crippen LogP contribution is -2.27. The van der Waals surface area contributed by atoms with E-state index in [1.165, 1.54) is 44.7 Å². The number of anilines is 2. The van der Waals surface area contributed by atoms with Crippen LogP contribution in [0.2, 0.25) is 0 Å². The van der Waals surface area contributed by atoms with E-state index < -0.39 is 0 Å². The highest BCUT2D eigenvalue weighted by atomic mass is 16.2.